The summed E-state index contributed by atoms with van der Waals surface area (Å²) in [6.07, 6.45) is 0.324. The maximum atomic E-state index is 14.2. The standard InChI is InChI=1S/C32H40ClN3O6S/c1-7-29(32(38)34-19-22(2)3)35(20-24-10-13-26(41-5)14-11-24)31(37)21-36(25-12-17-30(42-6)28(33)18-25)43(39,40)27-15-8-23(4)9-16-27/h8-18,22,29H,7,19-21H2,1-6H3,(H,34,38)/t29-/m0/s1. The van der Waals surface area contributed by atoms with E-state index in [1.807, 2.05) is 39.8 Å². The van der Waals surface area contributed by atoms with Gasteiger partial charge in [-0.2, -0.15) is 0 Å². The van der Waals surface area contributed by atoms with Crippen molar-refractivity contribution in [3.05, 3.63) is 82.9 Å². The van der Waals surface area contributed by atoms with Crippen molar-refractivity contribution < 1.29 is 27.5 Å². The highest BCUT2D eigenvalue weighted by atomic mass is 35.5. The smallest absolute Gasteiger partial charge is 0.264 e. The predicted molar refractivity (Wildman–Crippen MR) is 169 cm³/mol. The predicted octanol–water partition coefficient (Wildman–Crippen LogP) is 5.44. The first-order valence-electron chi connectivity index (χ1n) is 14.0. The van der Waals surface area contributed by atoms with E-state index in [0.717, 1.165) is 15.4 Å². The first-order chi connectivity index (χ1) is 20.4. The Kier molecular flexibility index (Phi) is 11.9. The van der Waals surface area contributed by atoms with Crippen LogP contribution < -0.4 is 19.1 Å². The Balaban J connectivity index is 2.08. The highest BCUT2D eigenvalue weighted by Gasteiger charge is 2.34. The fraction of sp³-hybridized carbons (Fsp3) is 0.375. The zero-order valence-corrected chi connectivity index (χ0v) is 27.0. The SMILES string of the molecule is CC[C@@H](C(=O)NCC(C)C)N(Cc1ccc(OC)cc1)C(=O)CN(c1ccc(OC)c(Cl)c1)S(=O)(=O)c1ccc(C)cc1. The Morgan fingerprint density at radius 1 is 0.953 bits per heavy atom. The van der Waals surface area contributed by atoms with Gasteiger partial charge >= 0.3 is 0 Å². The summed E-state index contributed by atoms with van der Waals surface area (Å²) in [6, 6.07) is 17.2. The number of aryl methyl sites for hydroxylation is 1. The van der Waals surface area contributed by atoms with Crippen LogP contribution in [0.15, 0.2) is 71.6 Å². The van der Waals surface area contributed by atoms with Crippen molar-refractivity contribution in [3.63, 3.8) is 0 Å². The number of rotatable bonds is 14. The van der Waals surface area contributed by atoms with Crippen LogP contribution in [0.5, 0.6) is 11.5 Å². The van der Waals surface area contributed by atoms with Crippen LogP contribution in [0.25, 0.3) is 0 Å². The average Bonchev–Trinajstić information content (AvgIpc) is 2.99. The fourth-order valence-corrected chi connectivity index (χ4v) is 6.10. The van der Waals surface area contributed by atoms with Crippen molar-refractivity contribution in [1.29, 1.82) is 0 Å². The fourth-order valence-electron chi connectivity index (χ4n) is 4.45. The van der Waals surface area contributed by atoms with Crippen LogP contribution in [-0.4, -0.2) is 58.5 Å². The number of methoxy groups -OCH3 is 2. The zero-order valence-electron chi connectivity index (χ0n) is 25.5. The average molecular weight is 630 g/mol. The summed E-state index contributed by atoms with van der Waals surface area (Å²) in [5.74, 6) is 0.360. The Morgan fingerprint density at radius 2 is 1.60 bits per heavy atom. The number of anilines is 1. The molecule has 1 N–H and O–H groups in total. The third-order valence-corrected chi connectivity index (χ3v) is 8.98. The largest absolute Gasteiger partial charge is 0.497 e. The van der Waals surface area contributed by atoms with Crippen molar-refractivity contribution in [2.45, 2.75) is 51.6 Å². The quantitative estimate of drug-likeness (QED) is 0.255. The van der Waals surface area contributed by atoms with Gasteiger partial charge in [-0.15, -0.1) is 0 Å². The lowest BCUT2D eigenvalue weighted by atomic mass is 10.1. The first kappa shape index (κ1) is 33.7. The van der Waals surface area contributed by atoms with E-state index >= 15 is 0 Å². The molecule has 232 valence electrons. The molecule has 0 aliphatic rings. The van der Waals surface area contributed by atoms with E-state index in [-0.39, 0.29) is 34.0 Å². The Labute approximate surface area is 259 Å². The van der Waals surface area contributed by atoms with Gasteiger partial charge in [0.15, 0.2) is 0 Å². The number of carbonyl (C=O) groups excluding carboxylic acids is 2. The van der Waals surface area contributed by atoms with E-state index in [2.05, 4.69) is 5.32 Å². The van der Waals surface area contributed by atoms with Gasteiger partial charge in [0.1, 0.15) is 24.1 Å². The minimum atomic E-state index is -4.22. The van der Waals surface area contributed by atoms with Crippen LogP contribution in [0.4, 0.5) is 5.69 Å². The molecule has 11 heteroatoms. The zero-order chi connectivity index (χ0) is 31.7. The van der Waals surface area contributed by atoms with E-state index in [9.17, 15) is 18.0 Å². The molecule has 0 radical (unpaired) electrons. The molecule has 2 amide bonds. The molecule has 0 aromatic heterocycles. The maximum Gasteiger partial charge on any atom is 0.264 e. The topological polar surface area (TPSA) is 105 Å². The minimum Gasteiger partial charge on any atom is -0.497 e. The van der Waals surface area contributed by atoms with Gasteiger partial charge in [-0.25, -0.2) is 8.42 Å². The molecule has 0 saturated heterocycles. The van der Waals surface area contributed by atoms with Crippen molar-refractivity contribution in [2.75, 3.05) is 31.6 Å². The molecule has 0 aliphatic heterocycles. The Hall–Kier alpha value is -3.76. The summed E-state index contributed by atoms with van der Waals surface area (Å²) in [5, 5.41) is 3.11. The summed E-state index contributed by atoms with van der Waals surface area (Å²) in [7, 11) is -1.21. The van der Waals surface area contributed by atoms with Gasteiger partial charge in [0.25, 0.3) is 10.0 Å². The number of nitrogens with one attached hydrogen (secondary N) is 1. The van der Waals surface area contributed by atoms with E-state index in [4.69, 9.17) is 21.1 Å². The van der Waals surface area contributed by atoms with Crippen LogP contribution in [0.3, 0.4) is 0 Å². The number of benzene rings is 3. The second-order valence-corrected chi connectivity index (χ2v) is 12.8. The molecular formula is C32H40ClN3O6S. The summed E-state index contributed by atoms with van der Waals surface area (Å²) < 4.78 is 39.6. The normalized spacial score (nSPS) is 12.0. The molecular weight excluding hydrogens is 590 g/mol. The number of amides is 2. The number of carbonyl (C=O) groups is 2. The van der Waals surface area contributed by atoms with Gasteiger partial charge in [-0.3, -0.25) is 13.9 Å². The molecule has 0 aliphatic carbocycles. The number of halogens is 1. The number of nitrogens with zero attached hydrogens (tertiary/aromatic N) is 2. The van der Waals surface area contributed by atoms with E-state index in [0.29, 0.717) is 24.5 Å². The summed E-state index contributed by atoms with van der Waals surface area (Å²) in [6.45, 7) is 7.59. The molecule has 0 fully saturated rings. The van der Waals surface area contributed by atoms with Gasteiger partial charge < -0.3 is 19.7 Å². The molecule has 0 saturated carbocycles. The molecule has 1 atom stereocenters. The summed E-state index contributed by atoms with van der Waals surface area (Å²) >= 11 is 6.39. The second kappa shape index (κ2) is 15.1. The lowest BCUT2D eigenvalue weighted by Crippen LogP contribution is -2.52. The Morgan fingerprint density at radius 3 is 2.14 bits per heavy atom. The van der Waals surface area contributed by atoms with E-state index in [1.165, 1.54) is 36.3 Å². The molecule has 0 bridgehead atoms. The van der Waals surface area contributed by atoms with E-state index < -0.39 is 28.5 Å². The first-order valence-corrected chi connectivity index (χ1v) is 15.9. The summed E-state index contributed by atoms with van der Waals surface area (Å²) in [4.78, 5) is 29.0. The lowest BCUT2D eigenvalue weighted by Gasteiger charge is -2.33. The van der Waals surface area contributed by atoms with Crippen molar-refractivity contribution >= 4 is 39.1 Å². The van der Waals surface area contributed by atoms with Crippen LogP contribution in [0, 0.1) is 12.8 Å². The molecule has 3 rings (SSSR count). The third kappa shape index (κ3) is 8.64. The van der Waals surface area contributed by atoms with Gasteiger partial charge in [0.2, 0.25) is 11.8 Å². The van der Waals surface area contributed by atoms with Gasteiger partial charge in [0, 0.05) is 13.1 Å². The van der Waals surface area contributed by atoms with Crippen molar-refractivity contribution in [2.24, 2.45) is 5.92 Å². The van der Waals surface area contributed by atoms with Crippen LogP contribution >= 0.6 is 11.6 Å². The van der Waals surface area contributed by atoms with Gasteiger partial charge in [-0.1, -0.05) is 62.2 Å². The molecule has 3 aromatic rings. The number of ether oxygens (including phenoxy) is 2. The molecule has 9 nitrogen and oxygen atoms in total. The highest BCUT2D eigenvalue weighted by Crippen LogP contribution is 2.32. The monoisotopic (exact) mass is 629 g/mol. The van der Waals surface area contributed by atoms with Crippen molar-refractivity contribution in [1.82, 2.24) is 10.2 Å². The summed E-state index contributed by atoms with van der Waals surface area (Å²) in [5.41, 5.74) is 1.82. The van der Waals surface area contributed by atoms with Gasteiger partial charge in [0.05, 0.1) is 29.8 Å². The van der Waals surface area contributed by atoms with Crippen LogP contribution in [-0.2, 0) is 26.2 Å². The van der Waals surface area contributed by atoms with Crippen molar-refractivity contribution in [3.8, 4) is 11.5 Å². The molecule has 0 spiro atoms. The van der Waals surface area contributed by atoms with Crippen LogP contribution in [0.2, 0.25) is 5.02 Å². The highest BCUT2D eigenvalue weighted by molar-refractivity contribution is 7.92. The third-order valence-electron chi connectivity index (χ3n) is 6.89. The molecule has 0 heterocycles. The molecule has 43 heavy (non-hydrogen) atoms. The molecule has 3 aromatic carbocycles. The number of hydrogen-bond donors (Lipinski definition) is 1. The van der Waals surface area contributed by atoms with Gasteiger partial charge in [-0.05, 0) is 67.3 Å². The van der Waals surface area contributed by atoms with E-state index in [1.54, 1.807) is 37.4 Å². The number of sulfonamides is 1. The number of hydrogen-bond acceptors (Lipinski definition) is 6. The molecule has 0 unspecified atom stereocenters. The Bertz CT molecular complexity index is 1490. The van der Waals surface area contributed by atoms with Crippen LogP contribution in [0.1, 0.15) is 38.3 Å². The maximum absolute atomic E-state index is 14.2. The lowest BCUT2D eigenvalue weighted by molar-refractivity contribution is -0.140. The second-order valence-electron chi connectivity index (χ2n) is 10.6. The minimum absolute atomic E-state index is 0.0151.